The lowest BCUT2D eigenvalue weighted by atomic mass is 10.1. The summed E-state index contributed by atoms with van der Waals surface area (Å²) < 4.78 is 44.5. The van der Waals surface area contributed by atoms with Crippen molar-refractivity contribution >= 4 is 11.5 Å². The minimum Gasteiger partial charge on any atom is -0.467 e. The second-order valence-electron chi connectivity index (χ2n) is 7.72. The van der Waals surface area contributed by atoms with E-state index in [0.717, 1.165) is 43.3 Å². The van der Waals surface area contributed by atoms with Gasteiger partial charge in [0.1, 0.15) is 23.9 Å². The van der Waals surface area contributed by atoms with E-state index in [1.54, 1.807) is 12.4 Å². The van der Waals surface area contributed by atoms with Gasteiger partial charge in [0, 0.05) is 37.4 Å². The highest BCUT2D eigenvalue weighted by atomic mass is 19.4. The molecule has 3 N–H and O–H groups in total. The SMILES string of the molecule is Cc1ncnc(N2CCN(CC3Nc4ccc(C(N)C(F)(F)F)cc4O3)CC2)c1C. The molecule has 2 aliphatic rings. The molecule has 4 rings (SSSR count). The van der Waals surface area contributed by atoms with E-state index < -0.39 is 12.2 Å². The first-order chi connectivity index (χ1) is 14.2. The fourth-order valence-electron chi connectivity index (χ4n) is 3.80. The van der Waals surface area contributed by atoms with Crippen LogP contribution in [0.3, 0.4) is 0 Å². The maximum Gasteiger partial charge on any atom is 0.407 e. The normalized spacial score (nSPS) is 20.5. The molecule has 0 amide bonds. The smallest absolute Gasteiger partial charge is 0.407 e. The van der Waals surface area contributed by atoms with Crippen molar-refractivity contribution < 1.29 is 17.9 Å². The van der Waals surface area contributed by atoms with Crippen molar-refractivity contribution in [2.45, 2.75) is 32.3 Å². The number of hydrogen-bond donors (Lipinski definition) is 2. The number of benzene rings is 1. The van der Waals surface area contributed by atoms with Crippen LogP contribution in [-0.4, -0.2) is 60.0 Å². The summed E-state index contributed by atoms with van der Waals surface area (Å²) in [4.78, 5) is 13.2. The third kappa shape index (κ3) is 4.15. The zero-order chi connectivity index (χ0) is 21.5. The Morgan fingerprint density at radius 2 is 1.93 bits per heavy atom. The van der Waals surface area contributed by atoms with Gasteiger partial charge in [-0.1, -0.05) is 6.07 Å². The summed E-state index contributed by atoms with van der Waals surface area (Å²) >= 11 is 0. The maximum absolute atomic E-state index is 12.9. The average molecular weight is 422 g/mol. The number of aromatic nitrogens is 2. The number of halogens is 3. The van der Waals surface area contributed by atoms with E-state index >= 15 is 0 Å². The molecular weight excluding hydrogens is 397 g/mol. The van der Waals surface area contributed by atoms with Crippen LogP contribution >= 0.6 is 0 Å². The highest BCUT2D eigenvalue weighted by molar-refractivity contribution is 5.61. The van der Waals surface area contributed by atoms with E-state index in [2.05, 4.69) is 25.1 Å². The Morgan fingerprint density at radius 1 is 1.20 bits per heavy atom. The van der Waals surface area contributed by atoms with Crippen LogP contribution in [0.4, 0.5) is 24.7 Å². The third-order valence-corrected chi connectivity index (χ3v) is 5.71. The molecule has 1 aromatic heterocycles. The Labute approximate surface area is 173 Å². The average Bonchev–Trinajstić information content (AvgIpc) is 3.11. The van der Waals surface area contributed by atoms with Gasteiger partial charge < -0.3 is 20.7 Å². The molecule has 1 aromatic carbocycles. The maximum atomic E-state index is 12.9. The van der Waals surface area contributed by atoms with Crippen LogP contribution in [0.5, 0.6) is 5.75 Å². The molecule has 1 fully saturated rings. The van der Waals surface area contributed by atoms with Crippen LogP contribution in [0.25, 0.3) is 0 Å². The number of hydrogen-bond acceptors (Lipinski definition) is 7. The monoisotopic (exact) mass is 422 g/mol. The zero-order valence-electron chi connectivity index (χ0n) is 16.9. The van der Waals surface area contributed by atoms with E-state index in [1.807, 2.05) is 13.8 Å². The first kappa shape index (κ1) is 20.7. The van der Waals surface area contributed by atoms with E-state index in [0.29, 0.717) is 18.0 Å². The predicted octanol–water partition coefficient (Wildman–Crippen LogP) is 2.61. The molecule has 2 aliphatic heterocycles. The third-order valence-electron chi connectivity index (χ3n) is 5.71. The molecule has 0 bridgehead atoms. The molecule has 0 radical (unpaired) electrons. The van der Waals surface area contributed by atoms with Crippen molar-refractivity contribution in [1.82, 2.24) is 14.9 Å². The topological polar surface area (TPSA) is 79.5 Å². The van der Waals surface area contributed by atoms with Crippen molar-refractivity contribution in [3.63, 3.8) is 0 Å². The van der Waals surface area contributed by atoms with E-state index in [4.69, 9.17) is 10.5 Å². The number of fused-ring (bicyclic) bond motifs is 1. The molecule has 2 atom stereocenters. The van der Waals surface area contributed by atoms with Crippen LogP contribution in [0.2, 0.25) is 0 Å². The lowest BCUT2D eigenvalue weighted by molar-refractivity contribution is -0.149. The molecule has 0 aliphatic carbocycles. The van der Waals surface area contributed by atoms with Gasteiger partial charge in [-0.05, 0) is 31.5 Å². The van der Waals surface area contributed by atoms with Crippen molar-refractivity contribution in [2.24, 2.45) is 5.73 Å². The minimum atomic E-state index is -4.49. The number of ether oxygens (including phenoxy) is 1. The summed E-state index contributed by atoms with van der Waals surface area (Å²) in [6.45, 7) is 7.98. The Kier molecular flexibility index (Phi) is 5.46. The number of anilines is 2. The first-order valence-electron chi connectivity index (χ1n) is 9.87. The largest absolute Gasteiger partial charge is 0.467 e. The molecule has 2 aromatic rings. The molecule has 10 heteroatoms. The van der Waals surface area contributed by atoms with Crippen molar-refractivity contribution in [3.05, 3.63) is 41.3 Å². The van der Waals surface area contributed by atoms with Crippen molar-refractivity contribution in [3.8, 4) is 5.75 Å². The predicted molar refractivity (Wildman–Crippen MR) is 108 cm³/mol. The number of nitrogens with zero attached hydrogens (tertiary/aromatic N) is 4. The fraction of sp³-hybridized carbons (Fsp3) is 0.500. The van der Waals surface area contributed by atoms with E-state index in [9.17, 15) is 13.2 Å². The van der Waals surface area contributed by atoms with E-state index in [1.165, 1.54) is 12.1 Å². The van der Waals surface area contributed by atoms with Gasteiger partial charge in [-0.25, -0.2) is 9.97 Å². The number of rotatable bonds is 4. The molecule has 0 saturated carbocycles. The van der Waals surface area contributed by atoms with Gasteiger partial charge in [0.15, 0.2) is 6.23 Å². The van der Waals surface area contributed by atoms with Gasteiger partial charge in [0.05, 0.1) is 12.2 Å². The summed E-state index contributed by atoms with van der Waals surface area (Å²) in [6, 6.07) is 2.33. The lowest BCUT2D eigenvalue weighted by Crippen LogP contribution is -2.50. The first-order valence-corrected chi connectivity index (χ1v) is 9.87. The quantitative estimate of drug-likeness (QED) is 0.784. The molecule has 0 spiro atoms. The Morgan fingerprint density at radius 3 is 2.63 bits per heavy atom. The Hall–Kier alpha value is -2.59. The molecule has 3 heterocycles. The molecular formula is C20H25F3N6O. The molecule has 2 unspecified atom stereocenters. The summed E-state index contributed by atoms with van der Waals surface area (Å²) in [5, 5.41) is 3.23. The minimum absolute atomic E-state index is 0.00664. The van der Waals surface area contributed by atoms with Crippen molar-refractivity contribution in [1.29, 1.82) is 0 Å². The fourth-order valence-corrected chi connectivity index (χ4v) is 3.80. The number of alkyl halides is 3. The summed E-state index contributed by atoms with van der Waals surface area (Å²) in [5.74, 6) is 1.38. The highest BCUT2D eigenvalue weighted by Gasteiger charge is 2.38. The summed E-state index contributed by atoms with van der Waals surface area (Å²) in [7, 11) is 0. The number of nitrogens with two attached hydrogens (primary N) is 1. The van der Waals surface area contributed by atoms with E-state index in [-0.39, 0.29) is 11.8 Å². The number of piperazine rings is 1. The zero-order valence-corrected chi connectivity index (χ0v) is 16.9. The highest BCUT2D eigenvalue weighted by Crippen LogP contribution is 2.38. The van der Waals surface area contributed by atoms with Gasteiger partial charge in [0.25, 0.3) is 0 Å². The summed E-state index contributed by atoms with van der Waals surface area (Å²) in [6.07, 6.45) is -3.21. The molecule has 162 valence electrons. The van der Waals surface area contributed by atoms with Gasteiger partial charge in [0.2, 0.25) is 0 Å². The van der Waals surface area contributed by atoms with Crippen LogP contribution in [0, 0.1) is 13.8 Å². The van der Waals surface area contributed by atoms with Gasteiger partial charge in [-0.2, -0.15) is 13.2 Å². The van der Waals surface area contributed by atoms with Crippen LogP contribution in [0.1, 0.15) is 22.9 Å². The summed E-state index contributed by atoms with van der Waals surface area (Å²) in [5.41, 5.74) is 8.06. The van der Waals surface area contributed by atoms with Crippen molar-refractivity contribution in [2.75, 3.05) is 42.9 Å². The number of aryl methyl sites for hydroxylation is 1. The second kappa shape index (κ2) is 7.92. The Bertz CT molecular complexity index is 914. The Balaban J connectivity index is 1.33. The van der Waals surface area contributed by atoms with Gasteiger partial charge >= 0.3 is 6.18 Å². The van der Waals surface area contributed by atoms with Crippen LogP contribution in [0.15, 0.2) is 24.5 Å². The van der Waals surface area contributed by atoms with Gasteiger partial charge in [-0.3, -0.25) is 4.90 Å². The lowest BCUT2D eigenvalue weighted by Gasteiger charge is -2.36. The van der Waals surface area contributed by atoms with Gasteiger partial charge in [-0.15, -0.1) is 0 Å². The van der Waals surface area contributed by atoms with Crippen LogP contribution < -0.4 is 20.7 Å². The second-order valence-corrected chi connectivity index (χ2v) is 7.72. The standard InChI is InChI=1S/C20H25F3N6O/c1-12-13(2)25-11-26-19(12)29-7-5-28(6-8-29)10-17-27-15-4-3-14(9-16(15)30-17)18(24)20(21,22)23/h3-4,9,11,17-18,27H,5-8,10,24H2,1-2H3. The number of nitrogens with one attached hydrogen (secondary N) is 1. The molecule has 7 nitrogen and oxygen atoms in total. The molecule has 30 heavy (non-hydrogen) atoms. The van der Waals surface area contributed by atoms with Crippen LogP contribution in [-0.2, 0) is 0 Å². The molecule has 1 saturated heterocycles.